The minimum atomic E-state index is -2.81. The van der Waals surface area contributed by atoms with E-state index in [2.05, 4.69) is 14.5 Å². The minimum Gasteiger partial charge on any atom is -0.493 e. The zero-order valence-electron chi connectivity index (χ0n) is 12.1. The molecule has 4 heteroatoms. The predicted octanol–water partition coefficient (Wildman–Crippen LogP) is 0.591. The van der Waals surface area contributed by atoms with Gasteiger partial charge in [0, 0.05) is 12.3 Å². The Morgan fingerprint density at radius 3 is 3.08 bits per heavy atom. The first-order valence-corrected chi connectivity index (χ1v) is 3.09. The van der Waals surface area contributed by atoms with Crippen molar-refractivity contribution in [3.05, 3.63) is 18.0 Å². The molecular weight excluding hydrogens is 158 g/mol. The lowest BCUT2D eigenvalue weighted by Gasteiger charge is -2.09. The molecule has 0 aliphatic carbocycles. The van der Waals surface area contributed by atoms with Crippen LogP contribution in [0.15, 0.2) is 12.3 Å². The van der Waals surface area contributed by atoms with E-state index in [9.17, 15) is 0 Å². The fourth-order valence-electron chi connectivity index (χ4n) is 0.774. The Labute approximate surface area is 79.2 Å². The molecule has 0 saturated heterocycles. The summed E-state index contributed by atoms with van der Waals surface area (Å²) < 4.78 is 51.0. The van der Waals surface area contributed by atoms with Gasteiger partial charge in [0.15, 0.2) is 11.5 Å². The maximum atomic E-state index is 9.02. The van der Waals surface area contributed by atoms with Crippen LogP contribution in [0, 0.1) is 0 Å². The molecular formula is C8H11NO3. The SMILES string of the molecule is [2H]C([2H])([2H])Oc1ccnc(CO)c1OC([2H])([2H])[2H]. The first-order chi connectivity index (χ1) is 8.12. The van der Waals surface area contributed by atoms with Gasteiger partial charge in [-0.25, -0.2) is 0 Å². The Morgan fingerprint density at radius 1 is 1.58 bits per heavy atom. The molecule has 1 rings (SSSR count). The number of methoxy groups -OCH3 is 2. The van der Waals surface area contributed by atoms with E-state index in [0.29, 0.717) is 0 Å². The maximum absolute atomic E-state index is 9.02. The van der Waals surface area contributed by atoms with Crippen molar-refractivity contribution in [2.24, 2.45) is 0 Å². The summed E-state index contributed by atoms with van der Waals surface area (Å²) in [7, 11) is -5.57. The monoisotopic (exact) mass is 175 g/mol. The summed E-state index contributed by atoms with van der Waals surface area (Å²) >= 11 is 0. The fourth-order valence-corrected chi connectivity index (χ4v) is 0.774. The van der Waals surface area contributed by atoms with Gasteiger partial charge in [-0.15, -0.1) is 0 Å². The Bertz CT molecular complexity index is 416. The van der Waals surface area contributed by atoms with Crippen LogP contribution in [0.2, 0.25) is 0 Å². The smallest absolute Gasteiger partial charge is 0.184 e. The third-order valence-corrected chi connectivity index (χ3v) is 1.30. The molecule has 0 aliphatic rings. The molecule has 66 valence electrons. The van der Waals surface area contributed by atoms with Crippen LogP contribution in [-0.2, 0) is 6.61 Å². The molecule has 0 unspecified atom stereocenters. The molecule has 0 aromatic carbocycles. The van der Waals surface area contributed by atoms with Crippen LogP contribution in [0.25, 0.3) is 0 Å². The van der Waals surface area contributed by atoms with Gasteiger partial charge >= 0.3 is 0 Å². The molecule has 1 heterocycles. The van der Waals surface area contributed by atoms with Crippen molar-refractivity contribution in [1.29, 1.82) is 0 Å². The van der Waals surface area contributed by atoms with E-state index >= 15 is 0 Å². The molecule has 0 saturated carbocycles. The number of hydrogen-bond donors (Lipinski definition) is 1. The topological polar surface area (TPSA) is 51.6 Å². The Kier molecular flexibility index (Phi) is 1.18. The van der Waals surface area contributed by atoms with Crippen molar-refractivity contribution in [3.8, 4) is 11.5 Å². The van der Waals surface area contributed by atoms with Crippen molar-refractivity contribution in [2.75, 3.05) is 14.1 Å². The summed E-state index contributed by atoms with van der Waals surface area (Å²) in [6, 6.07) is 1.15. The zero-order chi connectivity index (χ0) is 14.0. The minimum absolute atomic E-state index is 0.118. The van der Waals surface area contributed by atoms with E-state index in [0.717, 1.165) is 6.07 Å². The second kappa shape index (κ2) is 3.92. The van der Waals surface area contributed by atoms with Crippen LogP contribution < -0.4 is 9.47 Å². The molecule has 1 aromatic heterocycles. The molecule has 0 fully saturated rings. The molecule has 0 radical (unpaired) electrons. The van der Waals surface area contributed by atoms with Crippen LogP contribution in [0.3, 0.4) is 0 Å². The lowest BCUT2D eigenvalue weighted by atomic mass is 10.3. The number of aromatic nitrogens is 1. The van der Waals surface area contributed by atoms with Crippen molar-refractivity contribution >= 4 is 0 Å². The highest BCUT2D eigenvalue weighted by atomic mass is 16.5. The van der Waals surface area contributed by atoms with Gasteiger partial charge in [-0.3, -0.25) is 4.98 Å². The van der Waals surface area contributed by atoms with Gasteiger partial charge in [0.25, 0.3) is 0 Å². The standard InChI is InChI=1S/C8H11NO3/c1-11-7-3-4-9-6(5-10)8(7)12-2/h3-4,10H,5H2,1-2H3/i1D3,2D3. The summed E-state index contributed by atoms with van der Waals surface area (Å²) in [5.74, 6) is -0.721. The van der Waals surface area contributed by atoms with Crippen molar-refractivity contribution in [2.45, 2.75) is 6.61 Å². The summed E-state index contributed by atoms with van der Waals surface area (Å²) in [6.45, 7) is -0.608. The van der Waals surface area contributed by atoms with Crippen LogP contribution in [-0.4, -0.2) is 24.2 Å². The molecule has 0 atom stereocenters. The summed E-state index contributed by atoms with van der Waals surface area (Å²) in [5.41, 5.74) is -0.118. The number of aliphatic hydroxyl groups is 1. The first-order valence-electron chi connectivity index (χ1n) is 6.09. The molecule has 1 N–H and O–H groups in total. The lowest BCUT2D eigenvalue weighted by Crippen LogP contribution is -1.98. The van der Waals surface area contributed by atoms with E-state index in [1.54, 1.807) is 0 Å². The number of ether oxygens (including phenoxy) is 2. The highest BCUT2D eigenvalue weighted by Crippen LogP contribution is 2.28. The largest absolute Gasteiger partial charge is 0.493 e. The van der Waals surface area contributed by atoms with Crippen LogP contribution in [0.1, 0.15) is 13.9 Å². The van der Waals surface area contributed by atoms with E-state index in [-0.39, 0.29) is 11.4 Å². The molecule has 1 aromatic rings. The predicted molar refractivity (Wildman–Crippen MR) is 43.3 cm³/mol. The summed E-state index contributed by atoms with van der Waals surface area (Å²) in [6.07, 6.45) is 1.18. The third-order valence-electron chi connectivity index (χ3n) is 1.30. The molecule has 0 aliphatic heterocycles. The van der Waals surface area contributed by atoms with E-state index in [1.807, 2.05) is 0 Å². The normalized spacial score (nSPS) is 19.1. The molecule has 0 bridgehead atoms. The highest BCUT2D eigenvalue weighted by molar-refractivity contribution is 5.42. The number of pyridine rings is 1. The van der Waals surface area contributed by atoms with Crippen LogP contribution in [0.4, 0.5) is 0 Å². The Morgan fingerprint density at radius 2 is 2.42 bits per heavy atom. The lowest BCUT2D eigenvalue weighted by molar-refractivity contribution is 0.264. The van der Waals surface area contributed by atoms with Crippen LogP contribution in [0.5, 0.6) is 11.5 Å². The quantitative estimate of drug-likeness (QED) is 0.730. The van der Waals surface area contributed by atoms with Crippen molar-refractivity contribution < 1.29 is 22.8 Å². The van der Waals surface area contributed by atoms with Gasteiger partial charge in [-0.2, -0.15) is 0 Å². The van der Waals surface area contributed by atoms with Gasteiger partial charge in [-0.05, 0) is 0 Å². The third kappa shape index (κ3) is 1.48. The van der Waals surface area contributed by atoms with Gasteiger partial charge in [0.1, 0.15) is 5.69 Å². The van der Waals surface area contributed by atoms with E-state index < -0.39 is 26.4 Å². The second-order valence-electron chi connectivity index (χ2n) is 1.95. The Hall–Kier alpha value is -1.29. The number of rotatable bonds is 3. The number of hydrogen-bond acceptors (Lipinski definition) is 4. The zero-order valence-corrected chi connectivity index (χ0v) is 6.07. The van der Waals surface area contributed by atoms with Gasteiger partial charge < -0.3 is 14.6 Å². The maximum Gasteiger partial charge on any atom is 0.184 e. The van der Waals surface area contributed by atoms with Crippen LogP contribution >= 0.6 is 0 Å². The fraction of sp³-hybridized carbons (Fsp3) is 0.375. The summed E-state index contributed by atoms with van der Waals surface area (Å²) in [4.78, 5) is 3.68. The van der Waals surface area contributed by atoms with Crippen molar-refractivity contribution in [3.63, 3.8) is 0 Å². The van der Waals surface area contributed by atoms with Gasteiger partial charge in [0.2, 0.25) is 0 Å². The molecule has 12 heavy (non-hydrogen) atoms. The Balaban J connectivity index is 3.16. The van der Waals surface area contributed by atoms with Gasteiger partial charge in [0.05, 0.1) is 28.9 Å². The molecule has 0 spiro atoms. The number of aliphatic hydroxyl groups excluding tert-OH is 1. The average molecular weight is 175 g/mol. The van der Waals surface area contributed by atoms with E-state index in [1.165, 1.54) is 6.20 Å². The van der Waals surface area contributed by atoms with Crippen molar-refractivity contribution in [1.82, 2.24) is 4.98 Å². The second-order valence-corrected chi connectivity index (χ2v) is 1.95. The highest BCUT2D eigenvalue weighted by Gasteiger charge is 2.08. The number of nitrogens with zero attached hydrogens (tertiary/aromatic N) is 1. The average Bonchev–Trinajstić information content (AvgIpc) is 2.16. The summed E-state index contributed by atoms with van der Waals surface area (Å²) in [5, 5.41) is 9.02. The van der Waals surface area contributed by atoms with Gasteiger partial charge in [-0.1, -0.05) is 0 Å². The molecule has 0 amide bonds. The first kappa shape index (κ1) is 3.62. The van der Waals surface area contributed by atoms with E-state index in [4.69, 9.17) is 13.3 Å². The molecule has 4 nitrogen and oxygen atoms in total.